The zero-order valence-electron chi connectivity index (χ0n) is 15.3. The Morgan fingerprint density at radius 2 is 1.56 bits per heavy atom. The van der Waals surface area contributed by atoms with Crippen LogP contribution in [0.25, 0.3) is 0 Å². The van der Waals surface area contributed by atoms with Gasteiger partial charge in [-0.1, -0.05) is 62.4 Å². The van der Waals surface area contributed by atoms with Gasteiger partial charge in [-0.2, -0.15) is 0 Å². The molecule has 0 saturated heterocycles. The molecule has 2 atom stereocenters. The minimum absolute atomic E-state index is 0.0851. The first-order chi connectivity index (χ1) is 12.2. The van der Waals surface area contributed by atoms with E-state index < -0.39 is 0 Å². The summed E-state index contributed by atoms with van der Waals surface area (Å²) in [5.41, 5.74) is 1.25. The van der Waals surface area contributed by atoms with E-state index in [1.54, 1.807) is 11.8 Å². The first-order valence-electron chi connectivity index (χ1n) is 8.94. The van der Waals surface area contributed by atoms with Gasteiger partial charge in [-0.15, -0.1) is 11.8 Å². The second-order valence-corrected chi connectivity index (χ2v) is 7.38. The maximum absolute atomic E-state index is 12.5. The molecule has 0 aliphatic carbocycles. The number of benzene rings is 2. The Labute approximate surface area is 155 Å². The number of carbonyl (C=O) groups is 1. The van der Waals surface area contributed by atoms with Crippen molar-refractivity contribution >= 4 is 17.7 Å². The van der Waals surface area contributed by atoms with Crippen molar-refractivity contribution in [3.05, 3.63) is 66.2 Å². The molecule has 0 aromatic heterocycles. The highest BCUT2D eigenvalue weighted by molar-refractivity contribution is 8.00. The second kappa shape index (κ2) is 10.3. The number of nitrogens with zero attached hydrogens (tertiary/aromatic N) is 1. The molecule has 0 aliphatic rings. The van der Waals surface area contributed by atoms with E-state index in [0.717, 1.165) is 18.0 Å². The Kier molecular flexibility index (Phi) is 8.02. The molecule has 0 radical (unpaired) electrons. The van der Waals surface area contributed by atoms with E-state index in [2.05, 4.69) is 48.3 Å². The maximum atomic E-state index is 12.5. The molecule has 0 aliphatic heterocycles. The topological polar surface area (TPSA) is 32.3 Å². The molecule has 3 nitrogen and oxygen atoms in total. The quantitative estimate of drug-likeness (QED) is 0.677. The number of hydrogen-bond donors (Lipinski definition) is 1. The molecular weight excluding hydrogens is 328 g/mol. The van der Waals surface area contributed by atoms with E-state index in [4.69, 9.17) is 0 Å². The maximum Gasteiger partial charge on any atom is 0.233 e. The predicted octanol–water partition coefficient (Wildman–Crippen LogP) is 4.37. The smallest absolute Gasteiger partial charge is 0.233 e. The average molecular weight is 357 g/mol. The number of rotatable bonds is 9. The van der Waals surface area contributed by atoms with Gasteiger partial charge in [0.05, 0.1) is 11.3 Å². The van der Waals surface area contributed by atoms with Gasteiger partial charge in [0, 0.05) is 11.4 Å². The van der Waals surface area contributed by atoms with Crippen LogP contribution in [0, 0.1) is 0 Å². The molecule has 2 unspecified atom stereocenters. The third kappa shape index (κ3) is 5.91. The number of amides is 1. The summed E-state index contributed by atoms with van der Waals surface area (Å²) in [6.45, 7) is 8.83. The Balaban J connectivity index is 1.98. The van der Waals surface area contributed by atoms with Crippen LogP contribution >= 0.6 is 11.8 Å². The van der Waals surface area contributed by atoms with E-state index in [1.807, 2.05) is 43.3 Å². The van der Waals surface area contributed by atoms with Gasteiger partial charge in [0.2, 0.25) is 5.91 Å². The highest BCUT2D eigenvalue weighted by atomic mass is 32.2. The number of carbonyl (C=O) groups excluding carboxylic acids is 1. The normalized spacial score (nSPS) is 13.4. The van der Waals surface area contributed by atoms with Crippen molar-refractivity contribution in [1.29, 1.82) is 0 Å². The highest BCUT2D eigenvalue weighted by Crippen LogP contribution is 2.23. The summed E-state index contributed by atoms with van der Waals surface area (Å²) in [7, 11) is 0. The van der Waals surface area contributed by atoms with Crippen molar-refractivity contribution in [2.75, 3.05) is 19.6 Å². The van der Waals surface area contributed by atoms with Crippen LogP contribution in [0.3, 0.4) is 0 Å². The van der Waals surface area contributed by atoms with Crippen LogP contribution in [-0.2, 0) is 4.79 Å². The molecule has 0 fully saturated rings. The summed E-state index contributed by atoms with van der Waals surface area (Å²) >= 11 is 1.59. The molecule has 0 bridgehead atoms. The van der Waals surface area contributed by atoms with Gasteiger partial charge in [-0.3, -0.25) is 9.69 Å². The first kappa shape index (κ1) is 19.5. The molecule has 0 saturated carbocycles. The zero-order valence-corrected chi connectivity index (χ0v) is 16.1. The van der Waals surface area contributed by atoms with E-state index >= 15 is 0 Å². The van der Waals surface area contributed by atoms with Crippen molar-refractivity contribution in [3.8, 4) is 0 Å². The lowest BCUT2D eigenvalue weighted by atomic mass is 10.1. The Hall–Kier alpha value is -1.78. The average Bonchev–Trinajstić information content (AvgIpc) is 2.66. The fourth-order valence-electron chi connectivity index (χ4n) is 2.90. The summed E-state index contributed by atoms with van der Waals surface area (Å²) < 4.78 is 0. The molecule has 134 valence electrons. The minimum Gasteiger partial charge on any atom is -0.353 e. The van der Waals surface area contributed by atoms with Crippen LogP contribution in [0.1, 0.15) is 32.4 Å². The Morgan fingerprint density at radius 3 is 2.12 bits per heavy atom. The zero-order chi connectivity index (χ0) is 18.1. The third-order valence-corrected chi connectivity index (χ3v) is 5.44. The molecule has 1 N–H and O–H groups in total. The van der Waals surface area contributed by atoms with Gasteiger partial charge in [-0.25, -0.2) is 0 Å². The minimum atomic E-state index is -0.115. The molecule has 25 heavy (non-hydrogen) atoms. The fourth-order valence-corrected chi connectivity index (χ4v) is 3.81. The van der Waals surface area contributed by atoms with Crippen LogP contribution in [0.5, 0.6) is 0 Å². The summed E-state index contributed by atoms with van der Waals surface area (Å²) in [5, 5.41) is 3.03. The van der Waals surface area contributed by atoms with E-state index in [1.165, 1.54) is 5.56 Å². The van der Waals surface area contributed by atoms with Crippen molar-refractivity contribution in [2.45, 2.75) is 37.0 Å². The van der Waals surface area contributed by atoms with Gasteiger partial charge < -0.3 is 5.32 Å². The fraction of sp³-hybridized carbons (Fsp3) is 0.381. The number of hydrogen-bond acceptors (Lipinski definition) is 3. The molecule has 0 heterocycles. The molecule has 2 rings (SSSR count). The van der Waals surface area contributed by atoms with Gasteiger partial charge in [0.15, 0.2) is 0 Å². The standard InChI is InChI=1S/C21H28N2OS/c1-4-23(5-2)20(18-12-8-6-9-13-18)16-22-21(24)17(3)25-19-14-10-7-11-15-19/h6-15,17,20H,4-5,16H2,1-3H3,(H,22,24). The summed E-state index contributed by atoms with van der Waals surface area (Å²) in [6.07, 6.45) is 0. The van der Waals surface area contributed by atoms with Crippen molar-refractivity contribution in [1.82, 2.24) is 10.2 Å². The SMILES string of the molecule is CCN(CC)C(CNC(=O)C(C)Sc1ccccc1)c1ccccc1. The molecule has 2 aromatic rings. The van der Waals surface area contributed by atoms with Gasteiger partial charge >= 0.3 is 0 Å². The lowest BCUT2D eigenvalue weighted by molar-refractivity contribution is -0.120. The van der Waals surface area contributed by atoms with Gasteiger partial charge in [-0.05, 0) is 37.7 Å². The summed E-state index contributed by atoms with van der Waals surface area (Å²) in [6, 6.07) is 20.7. The number of nitrogens with one attached hydrogen (secondary N) is 1. The molecular formula is C21H28N2OS. The number of likely N-dealkylation sites (N-methyl/N-ethyl adjacent to an activating group) is 1. The van der Waals surface area contributed by atoms with E-state index in [0.29, 0.717) is 6.54 Å². The molecule has 2 aromatic carbocycles. The van der Waals surface area contributed by atoms with Crippen LogP contribution in [-0.4, -0.2) is 35.7 Å². The monoisotopic (exact) mass is 356 g/mol. The molecule has 1 amide bonds. The van der Waals surface area contributed by atoms with Gasteiger partial charge in [0.1, 0.15) is 0 Å². The van der Waals surface area contributed by atoms with Crippen LogP contribution in [0.15, 0.2) is 65.6 Å². The van der Waals surface area contributed by atoms with Crippen LogP contribution in [0.2, 0.25) is 0 Å². The van der Waals surface area contributed by atoms with Gasteiger partial charge in [0.25, 0.3) is 0 Å². The largest absolute Gasteiger partial charge is 0.353 e. The second-order valence-electron chi connectivity index (χ2n) is 5.97. The summed E-state index contributed by atoms with van der Waals surface area (Å²) in [5.74, 6) is 0.0851. The van der Waals surface area contributed by atoms with Crippen molar-refractivity contribution in [2.24, 2.45) is 0 Å². The Bertz CT molecular complexity index is 629. The van der Waals surface area contributed by atoms with Crippen LogP contribution < -0.4 is 5.32 Å². The number of thioether (sulfide) groups is 1. The molecule has 0 spiro atoms. The summed E-state index contributed by atoms with van der Waals surface area (Å²) in [4.78, 5) is 16.0. The van der Waals surface area contributed by atoms with E-state index in [-0.39, 0.29) is 17.2 Å². The van der Waals surface area contributed by atoms with E-state index in [9.17, 15) is 4.79 Å². The third-order valence-electron chi connectivity index (χ3n) is 4.33. The van der Waals surface area contributed by atoms with Crippen molar-refractivity contribution in [3.63, 3.8) is 0 Å². The first-order valence-corrected chi connectivity index (χ1v) is 9.82. The Morgan fingerprint density at radius 1 is 1.00 bits per heavy atom. The predicted molar refractivity (Wildman–Crippen MR) is 107 cm³/mol. The lowest BCUT2D eigenvalue weighted by Crippen LogP contribution is -2.40. The molecule has 4 heteroatoms. The lowest BCUT2D eigenvalue weighted by Gasteiger charge is -2.30. The van der Waals surface area contributed by atoms with Crippen molar-refractivity contribution < 1.29 is 4.79 Å². The van der Waals surface area contributed by atoms with Crippen LogP contribution in [0.4, 0.5) is 0 Å². The highest BCUT2D eigenvalue weighted by Gasteiger charge is 2.20.